The minimum absolute atomic E-state index is 0.160. The third-order valence-electron chi connectivity index (χ3n) is 3.34. The zero-order valence-corrected chi connectivity index (χ0v) is 11.1. The predicted molar refractivity (Wildman–Crippen MR) is 67.2 cm³/mol. The Kier molecular flexibility index (Phi) is 3.49. The molecule has 0 radical (unpaired) electrons. The quantitative estimate of drug-likeness (QED) is 0.864. The largest absolute Gasteiger partial charge is 0.480 e. The highest BCUT2D eigenvalue weighted by Gasteiger charge is 2.58. The number of hydrogen-bond acceptors (Lipinski definition) is 2. The molecule has 1 aliphatic rings. The summed E-state index contributed by atoms with van der Waals surface area (Å²) in [6.07, 6.45) is 0.727. The molecule has 0 heterocycles. The van der Waals surface area contributed by atoms with E-state index in [-0.39, 0.29) is 11.6 Å². The Labute approximate surface area is 114 Å². The Morgan fingerprint density at radius 3 is 2.58 bits per heavy atom. The normalized spacial score (nSPS) is 15.9. The fourth-order valence-electron chi connectivity index (χ4n) is 1.99. The minimum atomic E-state index is -1.26. The highest BCUT2D eigenvalue weighted by Crippen LogP contribution is 2.47. The first-order chi connectivity index (χ1) is 8.86. The lowest BCUT2D eigenvalue weighted by molar-refractivity contribution is -0.153. The third-order valence-corrected chi connectivity index (χ3v) is 3.69. The van der Waals surface area contributed by atoms with Crippen molar-refractivity contribution in [1.29, 1.82) is 0 Å². The molecule has 1 saturated carbocycles. The Hall–Kier alpha value is -1.62. The maximum absolute atomic E-state index is 12.9. The summed E-state index contributed by atoms with van der Waals surface area (Å²) in [4.78, 5) is 24.5. The molecule has 0 saturated heterocycles. The van der Waals surface area contributed by atoms with Crippen molar-refractivity contribution in [3.8, 4) is 0 Å². The maximum Gasteiger partial charge on any atom is 0.319 e. The van der Waals surface area contributed by atoms with E-state index in [4.69, 9.17) is 16.7 Å². The van der Waals surface area contributed by atoms with Crippen LogP contribution in [0.25, 0.3) is 0 Å². The molecule has 4 nitrogen and oxygen atoms in total. The van der Waals surface area contributed by atoms with E-state index in [9.17, 15) is 14.0 Å². The maximum atomic E-state index is 12.9. The van der Waals surface area contributed by atoms with E-state index in [0.29, 0.717) is 18.4 Å². The van der Waals surface area contributed by atoms with E-state index in [2.05, 4.69) is 0 Å². The highest BCUT2D eigenvalue weighted by atomic mass is 35.5. The first-order valence-electron chi connectivity index (χ1n) is 5.80. The molecule has 102 valence electrons. The molecule has 0 bridgehead atoms. The molecule has 1 fully saturated rings. The summed E-state index contributed by atoms with van der Waals surface area (Å²) >= 11 is 5.88. The number of rotatable bonds is 4. The molecule has 0 unspecified atom stereocenters. The second-order valence-electron chi connectivity index (χ2n) is 4.78. The van der Waals surface area contributed by atoms with Gasteiger partial charge >= 0.3 is 5.97 Å². The number of carboxylic acid groups (broad SMARTS) is 1. The van der Waals surface area contributed by atoms with Crippen LogP contribution < -0.4 is 0 Å². The molecule has 6 heteroatoms. The van der Waals surface area contributed by atoms with Gasteiger partial charge in [0.15, 0.2) is 0 Å². The van der Waals surface area contributed by atoms with Gasteiger partial charge in [-0.2, -0.15) is 0 Å². The third kappa shape index (κ3) is 2.56. The van der Waals surface area contributed by atoms with Crippen LogP contribution in [0.2, 0.25) is 5.02 Å². The first kappa shape index (κ1) is 13.8. The smallest absolute Gasteiger partial charge is 0.319 e. The van der Waals surface area contributed by atoms with Crippen LogP contribution in [0.4, 0.5) is 4.39 Å². The van der Waals surface area contributed by atoms with Crippen molar-refractivity contribution < 1.29 is 19.1 Å². The fourth-order valence-corrected chi connectivity index (χ4v) is 2.21. The summed E-state index contributed by atoms with van der Waals surface area (Å²) in [5.74, 6) is -1.97. The lowest BCUT2D eigenvalue weighted by atomic mass is 10.1. The van der Waals surface area contributed by atoms with Gasteiger partial charge in [0.2, 0.25) is 5.91 Å². The van der Waals surface area contributed by atoms with Crippen molar-refractivity contribution in [1.82, 2.24) is 4.90 Å². The van der Waals surface area contributed by atoms with Gasteiger partial charge in [0.05, 0.1) is 0 Å². The van der Waals surface area contributed by atoms with Crippen molar-refractivity contribution >= 4 is 23.5 Å². The lowest BCUT2D eigenvalue weighted by Crippen LogP contribution is -2.38. The van der Waals surface area contributed by atoms with Crippen LogP contribution in [0, 0.1) is 11.2 Å². The van der Waals surface area contributed by atoms with Gasteiger partial charge in [0, 0.05) is 18.6 Å². The summed E-state index contributed by atoms with van der Waals surface area (Å²) in [5.41, 5.74) is -0.679. The first-order valence-corrected chi connectivity index (χ1v) is 6.17. The van der Waals surface area contributed by atoms with Crippen LogP contribution in [0.1, 0.15) is 18.4 Å². The predicted octanol–water partition coefficient (Wildman–Crippen LogP) is 2.30. The van der Waals surface area contributed by atoms with Gasteiger partial charge in [-0.25, -0.2) is 4.39 Å². The highest BCUT2D eigenvalue weighted by molar-refractivity contribution is 6.31. The molecule has 2 rings (SSSR count). The molecule has 1 aromatic rings. The standard InChI is InChI=1S/C13H13ClFNO3/c1-16(11(17)13(4-5-13)12(18)19)7-8-2-3-9(15)6-10(8)14/h2-3,6H,4-5,7H2,1H3,(H,18,19). The summed E-state index contributed by atoms with van der Waals surface area (Å²) < 4.78 is 12.9. The average Bonchev–Trinajstić information content (AvgIpc) is 3.13. The van der Waals surface area contributed by atoms with Gasteiger partial charge in [0.25, 0.3) is 0 Å². The molecule has 0 atom stereocenters. The number of carbonyl (C=O) groups excluding carboxylic acids is 1. The van der Waals surface area contributed by atoms with Gasteiger partial charge < -0.3 is 10.0 Å². The SMILES string of the molecule is CN(Cc1ccc(F)cc1Cl)C(=O)C1(C(=O)O)CC1. The van der Waals surface area contributed by atoms with E-state index < -0.39 is 23.1 Å². The molecular weight excluding hydrogens is 273 g/mol. The van der Waals surface area contributed by atoms with Crippen LogP contribution in [0.3, 0.4) is 0 Å². The second-order valence-corrected chi connectivity index (χ2v) is 5.19. The van der Waals surface area contributed by atoms with Crippen molar-refractivity contribution in [3.05, 3.63) is 34.6 Å². The molecular formula is C13H13ClFNO3. The molecule has 1 N–H and O–H groups in total. The summed E-state index contributed by atoms with van der Waals surface area (Å²) in [7, 11) is 1.52. The summed E-state index contributed by atoms with van der Waals surface area (Å²) in [6, 6.07) is 3.91. The molecule has 0 aliphatic heterocycles. The Morgan fingerprint density at radius 2 is 2.11 bits per heavy atom. The zero-order chi connectivity index (χ0) is 14.2. The van der Waals surface area contributed by atoms with Crippen molar-refractivity contribution in [2.45, 2.75) is 19.4 Å². The number of amides is 1. The van der Waals surface area contributed by atoms with Crippen molar-refractivity contribution in [2.24, 2.45) is 5.41 Å². The van der Waals surface area contributed by atoms with Crippen LogP contribution in [0.15, 0.2) is 18.2 Å². The van der Waals surface area contributed by atoms with Crippen LogP contribution in [-0.2, 0) is 16.1 Å². The fraction of sp³-hybridized carbons (Fsp3) is 0.385. The van der Waals surface area contributed by atoms with Gasteiger partial charge in [0.1, 0.15) is 11.2 Å². The van der Waals surface area contributed by atoms with Crippen molar-refractivity contribution in [3.63, 3.8) is 0 Å². The molecule has 19 heavy (non-hydrogen) atoms. The molecule has 1 aromatic carbocycles. The van der Waals surface area contributed by atoms with Gasteiger partial charge in [-0.3, -0.25) is 9.59 Å². The van der Waals surface area contributed by atoms with E-state index in [1.54, 1.807) is 0 Å². The van der Waals surface area contributed by atoms with Gasteiger partial charge in [-0.05, 0) is 30.5 Å². The van der Waals surface area contributed by atoms with Crippen LogP contribution in [0.5, 0.6) is 0 Å². The molecule has 0 spiro atoms. The summed E-state index contributed by atoms with van der Waals surface area (Å²) in [6.45, 7) is 0.160. The Bertz CT molecular complexity index is 543. The van der Waals surface area contributed by atoms with E-state index in [1.165, 1.54) is 30.1 Å². The summed E-state index contributed by atoms with van der Waals surface area (Å²) in [5, 5.41) is 9.28. The average molecular weight is 286 g/mol. The van der Waals surface area contributed by atoms with Gasteiger partial charge in [-0.1, -0.05) is 17.7 Å². The van der Waals surface area contributed by atoms with Crippen LogP contribution in [-0.4, -0.2) is 28.9 Å². The molecule has 1 aliphatic carbocycles. The lowest BCUT2D eigenvalue weighted by Gasteiger charge is -2.21. The number of aliphatic carboxylic acids is 1. The number of nitrogens with zero attached hydrogens (tertiary/aromatic N) is 1. The molecule has 1 amide bonds. The Morgan fingerprint density at radius 1 is 1.47 bits per heavy atom. The number of carboxylic acids is 1. The zero-order valence-electron chi connectivity index (χ0n) is 10.3. The molecule has 0 aromatic heterocycles. The minimum Gasteiger partial charge on any atom is -0.480 e. The monoisotopic (exact) mass is 285 g/mol. The van der Waals surface area contributed by atoms with E-state index >= 15 is 0 Å². The topological polar surface area (TPSA) is 57.6 Å². The Balaban J connectivity index is 2.11. The van der Waals surface area contributed by atoms with Crippen molar-refractivity contribution in [2.75, 3.05) is 7.05 Å². The van der Waals surface area contributed by atoms with E-state index in [0.717, 1.165) is 0 Å². The van der Waals surface area contributed by atoms with Crippen LogP contribution >= 0.6 is 11.6 Å². The van der Waals surface area contributed by atoms with E-state index in [1.807, 2.05) is 0 Å². The number of benzene rings is 1. The number of halogens is 2. The number of carbonyl (C=O) groups is 2. The number of hydrogen-bond donors (Lipinski definition) is 1. The van der Waals surface area contributed by atoms with Gasteiger partial charge in [-0.15, -0.1) is 0 Å². The second kappa shape index (κ2) is 4.81.